The van der Waals surface area contributed by atoms with Crippen LogP contribution < -0.4 is 5.73 Å². The maximum Gasteiger partial charge on any atom is 0.389 e. The molecule has 1 atom stereocenters. The lowest BCUT2D eigenvalue weighted by Crippen LogP contribution is -2.15. The highest BCUT2D eigenvalue weighted by atomic mass is 35.5. The van der Waals surface area contributed by atoms with Gasteiger partial charge < -0.3 is 5.73 Å². The molecule has 0 bridgehead atoms. The zero-order valence-electron chi connectivity index (χ0n) is 8.30. The van der Waals surface area contributed by atoms with Crippen molar-refractivity contribution in [3.8, 4) is 0 Å². The van der Waals surface area contributed by atoms with E-state index in [4.69, 9.17) is 5.73 Å². The fourth-order valence-electron chi connectivity index (χ4n) is 1.22. The highest BCUT2D eigenvalue weighted by molar-refractivity contribution is 5.85. The molecule has 1 aromatic carbocycles. The van der Waals surface area contributed by atoms with E-state index < -0.39 is 24.5 Å². The van der Waals surface area contributed by atoms with Crippen LogP contribution in [-0.4, -0.2) is 6.18 Å². The third-order valence-corrected chi connectivity index (χ3v) is 2.02. The van der Waals surface area contributed by atoms with Crippen LogP contribution in [0.4, 0.5) is 17.6 Å². The number of rotatable bonds is 3. The van der Waals surface area contributed by atoms with Gasteiger partial charge in [0.1, 0.15) is 5.82 Å². The molecule has 2 N–H and O–H groups in total. The lowest BCUT2D eigenvalue weighted by atomic mass is 10.0. The molecular weight excluding hydrogens is 246 g/mol. The fourth-order valence-corrected chi connectivity index (χ4v) is 1.22. The SMILES string of the molecule is Cl.N[C@@H](CCC(F)(F)F)c1cccc(F)c1. The molecule has 0 saturated carbocycles. The first-order chi connectivity index (χ1) is 6.88. The molecule has 1 rings (SSSR count). The summed E-state index contributed by atoms with van der Waals surface area (Å²) in [7, 11) is 0. The molecule has 1 nitrogen and oxygen atoms in total. The molecule has 16 heavy (non-hydrogen) atoms. The summed E-state index contributed by atoms with van der Waals surface area (Å²) in [4.78, 5) is 0. The Balaban J connectivity index is 0.00000225. The summed E-state index contributed by atoms with van der Waals surface area (Å²) in [5.74, 6) is -0.491. The molecule has 0 aromatic heterocycles. The van der Waals surface area contributed by atoms with Crippen molar-refractivity contribution in [3.05, 3.63) is 35.6 Å². The maximum absolute atomic E-state index is 12.7. The molecule has 0 amide bonds. The van der Waals surface area contributed by atoms with E-state index in [9.17, 15) is 17.6 Å². The minimum Gasteiger partial charge on any atom is -0.324 e. The Kier molecular flexibility index (Phi) is 5.75. The van der Waals surface area contributed by atoms with E-state index in [2.05, 4.69) is 0 Å². The molecule has 0 aliphatic heterocycles. The standard InChI is InChI=1S/C10H11F4N.ClH/c11-8-3-1-2-7(6-8)9(15)4-5-10(12,13)14;/h1-3,6,9H,4-5,15H2;1H/t9-;/m0./s1. The van der Waals surface area contributed by atoms with Gasteiger partial charge in [0.15, 0.2) is 0 Å². The smallest absolute Gasteiger partial charge is 0.324 e. The molecule has 0 aliphatic carbocycles. The average molecular weight is 258 g/mol. The van der Waals surface area contributed by atoms with Crippen LogP contribution in [0.2, 0.25) is 0 Å². The predicted molar refractivity (Wildman–Crippen MR) is 55.9 cm³/mol. The molecule has 0 unspecified atom stereocenters. The van der Waals surface area contributed by atoms with E-state index >= 15 is 0 Å². The van der Waals surface area contributed by atoms with Gasteiger partial charge in [0.25, 0.3) is 0 Å². The Morgan fingerprint density at radius 3 is 2.38 bits per heavy atom. The Labute approximate surface area is 97.0 Å². The largest absolute Gasteiger partial charge is 0.389 e. The first-order valence-electron chi connectivity index (χ1n) is 4.46. The molecule has 0 radical (unpaired) electrons. The first-order valence-corrected chi connectivity index (χ1v) is 4.46. The van der Waals surface area contributed by atoms with Crippen molar-refractivity contribution in [2.45, 2.75) is 25.1 Å². The van der Waals surface area contributed by atoms with E-state index in [0.717, 1.165) is 6.07 Å². The molecule has 0 saturated heterocycles. The summed E-state index contributed by atoms with van der Waals surface area (Å²) in [6, 6.07) is 4.55. The quantitative estimate of drug-likeness (QED) is 0.823. The minimum atomic E-state index is -4.22. The van der Waals surface area contributed by atoms with Crippen LogP contribution in [0.15, 0.2) is 24.3 Å². The van der Waals surface area contributed by atoms with Crippen molar-refractivity contribution in [3.63, 3.8) is 0 Å². The maximum atomic E-state index is 12.7. The Bertz CT molecular complexity index is 327. The molecule has 0 fully saturated rings. The van der Waals surface area contributed by atoms with Crippen molar-refractivity contribution in [1.82, 2.24) is 0 Å². The second-order valence-electron chi connectivity index (χ2n) is 3.32. The fraction of sp³-hybridized carbons (Fsp3) is 0.400. The van der Waals surface area contributed by atoms with Crippen LogP contribution in [0.1, 0.15) is 24.4 Å². The number of benzene rings is 1. The van der Waals surface area contributed by atoms with Gasteiger partial charge in [-0.1, -0.05) is 12.1 Å². The van der Waals surface area contributed by atoms with E-state index in [-0.39, 0.29) is 18.8 Å². The van der Waals surface area contributed by atoms with Crippen LogP contribution in [0.5, 0.6) is 0 Å². The van der Waals surface area contributed by atoms with Gasteiger partial charge in [0, 0.05) is 12.5 Å². The first kappa shape index (κ1) is 15.2. The third kappa shape index (κ3) is 5.32. The van der Waals surface area contributed by atoms with E-state index in [1.54, 1.807) is 0 Å². The minimum absolute atomic E-state index is 0. The van der Waals surface area contributed by atoms with Crippen LogP contribution in [0.25, 0.3) is 0 Å². The summed E-state index contributed by atoms with van der Waals surface area (Å²) in [5, 5.41) is 0. The summed E-state index contributed by atoms with van der Waals surface area (Å²) < 4.78 is 48.4. The molecule has 0 spiro atoms. The summed E-state index contributed by atoms with van der Waals surface area (Å²) in [6.07, 6.45) is -5.40. The van der Waals surface area contributed by atoms with Gasteiger partial charge in [-0.25, -0.2) is 4.39 Å². The highest BCUT2D eigenvalue weighted by Gasteiger charge is 2.27. The molecule has 6 heteroatoms. The van der Waals surface area contributed by atoms with Crippen molar-refractivity contribution >= 4 is 12.4 Å². The van der Waals surface area contributed by atoms with E-state index in [1.807, 2.05) is 0 Å². The number of hydrogen-bond donors (Lipinski definition) is 1. The van der Waals surface area contributed by atoms with Crippen LogP contribution >= 0.6 is 12.4 Å². The molecule has 1 aromatic rings. The lowest BCUT2D eigenvalue weighted by molar-refractivity contribution is -0.136. The van der Waals surface area contributed by atoms with Gasteiger partial charge in [-0.15, -0.1) is 12.4 Å². The summed E-state index contributed by atoms with van der Waals surface area (Å²) in [5.41, 5.74) is 5.89. The monoisotopic (exact) mass is 257 g/mol. The van der Waals surface area contributed by atoms with Gasteiger partial charge in [-0.05, 0) is 24.1 Å². The van der Waals surface area contributed by atoms with Crippen LogP contribution in [0.3, 0.4) is 0 Å². The zero-order valence-corrected chi connectivity index (χ0v) is 9.11. The van der Waals surface area contributed by atoms with Crippen LogP contribution in [0, 0.1) is 5.82 Å². The van der Waals surface area contributed by atoms with Gasteiger partial charge in [-0.3, -0.25) is 0 Å². The zero-order chi connectivity index (χ0) is 11.5. The van der Waals surface area contributed by atoms with Crippen molar-refractivity contribution in [1.29, 1.82) is 0 Å². The topological polar surface area (TPSA) is 26.0 Å². The third-order valence-electron chi connectivity index (χ3n) is 2.02. The number of nitrogens with two attached hydrogens (primary N) is 1. The van der Waals surface area contributed by atoms with E-state index in [1.165, 1.54) is 18.2 Å². The predicted octanol–water partition coefficient (Wildman–Crippen LogP) is 3.59. The van der Waals surface area contributed by atoms with E-state index in [0.29, 0.717) is 5.56 Å². The molecule has 0 heterocycles. The van der Waals surface area contributed by atoms with Gasteiger partial charge >= 0.3 is 6.18 Å². The van der Waals surface area contributed by atoms with Crippen molar-refractivity contribution in [2.75, 3.05) is 0 Å². The van der Waals surface area contributed by atoms with Gasteiger partial charge in [0.2, 0.25) is 0 Å². The van der Waals surface area contributed by atoms with Crippen molar-refractivity contribution < 1.29 is 17.6 Å². The normalized spacial score (nSPS) is 13.1. The molecule has 92 valence electrons. The Morgan fingerprint density at radius 2 is 1.88 bits per heavy atom. The van der Waals surface area contributed by atoms with Crippen molar-refractivity contribution in [2.24, 2.45) is 5.73 Å². The van der Waals surface area contributed by atoms with Gasteiger partial charge in [-0.2, -0.15) is 13.2 Å². The van der Waals surface area contributed by atoms with Crippen LogP contribution in [-0.2, 0) is 0 Å². The molecular formula is C10H12ClF4N. The second-order valence-corrected chi connectivity index (χ2v) is 3.32. The lowest BCUT2D eigenvalue weighted by Gasteiger charge is -2.13. The highest BCUT2D eigenvalue weighted by Crippen LogP contribution is 2.26. The van der Waals surface area contributed by atoms with Gasteiger partial charge in [0.05, 0.1) is 0 Å². The summed E-state index contributed by atoms with van der Waals surface area (Å²) in [6.45, 7) is 0. The molecule has 0 aliphatic rings. The number of alkyl halides is 3. The Morgan fingerprint density at radius 1 is 1.25 bits per heavy atom. The number of halogens is 5. The average Bonchev–Trinajstić information content (AvgIpc) is 2.13. The number of hydrogen-bond acceptors (Lipinski definition) is 1. The second kappa shape index (κ2) is 6.06. The summed E-state index contributed by atoms with van der Waals surface area (Å²) >= 11 is 0. The Hall–Kier alpha value is -0.810.